The molecule has 0 fully saturated rings. The van der Waals surface area contributed by atoms with Crippen LogP contribution in [-0.2, 0) is 0 Å². The Morgan fingerprint density at radius 3 is 1.75 bits per heavy atom. The first-order chi connectivity index (χ1) is 3.42. The quantitative estimate of drug-likeness (QED) is 0.599. The van der Waals surface area contributed by atoms with Gasteiger partial charge in [-0.1, -0.05) is 23.2 Å². The second-order valence-electron chi connectivity index (χ2n) is 1.21. The molecule has 0 nitrogen and oxygen atoms in total. The molecule has 0 aromatic heterocycles. The molecule has 8 heavy (non-hydrogen) atoms. The van der Waals surface area contributed by atoms with Gasteiger partial charge < -0.3 is 0 Å². The molecule has 0 atom stereocenters. The first kappa shape index (κ1) is 9.09. The van der Waals surface area contributed by atoms with E-state index in [1.807, 2.05) is 0 Å². The second kappa shape index (κ2) is 3.31. The number of halogens is 5. The lowest BCUT2D eigenvalue weighted by atomic mass is 10.5. The summed E-state index contributed by atoms with van der Waals surface area (Å²) in [5, 5.41) is 0. The first-order valence-electron chi connectivity index (χ1n) is 1.77. The fraction of sp³-hybridized carbons (Fsp3) is 1.00. The highest BCUT2D eigenvalue weighted by molar-refractivity contribution is 6.49. The molecule has 0 aliphatic heterocycles. The maximum absolute atomic E-state index is 12.0. The maximum atomic E-state index is 12.0. The molecular weight excluding hydrogens is 197 g/mol. The van der Waals surface area contributed by atoms with Crippen LogP contribution >= 0.6 is 46.4 Å². The molecule has 0 saturated heterocycles. The summed E-state index contributed by atoms with van der Waals surface area (Å²) in [6.45, 7) is 0. The van der Waals surface area contributed by atoms with E-state index in [0.29, 0.717) is 0 Å². The van der Waals surface area contributed by atoms with Gasteiger partial charge in [-0.05, 0) is 0 Å². The van der Waals surface area contributed by atoms with Crippen molar-refractivity contribution in [2.75, 3.05) is 0 Å². The molecule has 0 aromatic rings. The first-order valence-corrected chi connectivity index (χ1v) is 3.39. The van der Waals surface area contributed by atoms with Crippen molar-refractivity contribution < 1.29 is 4.39 Å². The van der Waals surface area contributed by atoms with Gasteiger partial charge in [-0.25, -0.2) is 4.39 Å². The normalized spacial score (nSPS) is 12.8. The molecule has 0 aromatic carbocycles. The topological polar surface area (TPSA) is 0 Å². The summed E-state index contributed by atoms with van der Waals surface area (Å²) in [4.78, 5) is -0.852. The molecule has 0 spiro atoms. The summed E-state index contributed by atoms with van der Waals surface area (Å²) in [5.41, 5.74) is 0. The Kier molecular flexibility index (Phi) is 3.76. The van der Waals surface area contributed by atoms with Crippen molar-refractivity contribution in [3.8, 4) is 0 Å². The lowest BCUT2D eigenvalue weighted by Gasteiger charge is -2.07. The van der Waals surface area contributed by atoms with Gasteiger partial charge in [-0.3, -0.25) is 0 Å². The van der Waals surface area contributed by atoms with Crippen LogP contribution in [0.15, 0.2) is 0 Å². The highest BCUT2D eigenvalue weighted by Gasteiger charge is 2.24. The van der Waals surface area contributed by atoms with Gasteiger partial charge in [-0.15, -0.1) is 23.2 Å². The molecule has 0 bridgehead atoms. The van der Waals surface area contributed by atoms with Crippen LogP contribution in [0, 0.1) is 0 Å². The third-order valence-corrected chi connectivity index (χ3v) is 1.00. The summed E-state index contributed by atoms with van der Waals surface area (Å²) < 4.78 is 9.70. The van der Waals surface area contributed by atoms with Crippen molar-refractivity contribution in [3.63, 3.8) is 0 Å². The number of rotatable bonds is 2. The lowest BCUT2D eigenvalue weighted by Crippen LogP contribution is -2.07. The van der Waals surface area contributed by atoms with Crippen LogP contribution in [0.1, 0.15) is 6.42 Å². The molecule has 0 N–H and O–H groups in total. The van der Waals surface area contributed by atoms with Crippen LogP contribution in [0.5, 0.6) is 0 Å². The summed E-state index contributed by atoms with van der Waals surface area (Å²) in [6.07, 6.45) is -0.279. The Hall–Kier alpha value is 1.09. The molecule has 0 aliphatic rings. The fourth-order valence-corrected chi connectivity index (χ4v) is 1.22. The van der Waals surface area contributed by atoms with Crippen molar-refractivity contribution in [3.05, 3.63) is 0 Å². The van der Waals surface area contributed by atoms with E-state index in [1.54, 1.807) is 0 Å². The average Bonchev–Trinajstić information content (AvgIpc) is 1.21. The van der Waals surface area contributed by atoms with Crippen LogP contribution < -0.4 is 0 Å². The van der Waals surface area contributed by atoms with Crippen LogP contribution in [0.3, 0.4) is 0 Å². The van der Waals surface area contributed by atoms with Gasteiger partial charge in [0.15, 0.2) is 0 Å². The van der Waals surface area contributed by atoms with Gasteiger partial charge in [0.25, 0.3) is 4.59 Å². The van der Waals surface area contributed by atoms with Crippen molar-refractivity contribution in [2.45, 2.75) is 15.8 Å². The largest absolute Gasteiger partial charge is 0.259 e. The zero-order valence-corrected chi connectivity index (χ0v) is 6.70. The van der Waals surface area contributed by atoms with E-state index in [-0.39, 0.29) is 6.42 Å². The fourth-order valence-electron chi connectivity index (χ4n) is 0.175. The van der Waals surface area contributed by atoms with E-state index in [0.717, 1.165) is 0 Å². The van der Waals surface area contributed by atoms with Crippen molar-refractivity contribution in [1.82, 2.24) is 0 Å². The van der Waals surface area contributed by atoms with Gasteiger partial charge in [0.1, 0.15) is 4.84 Å². The van der Waals surface area contributed by atoms with Crippen molar-refractivity contribution in [2.24, 2.45) is 0 Å². The van der Waals surface area contributed by atoms with Gasteiger partial charge in [-0.2, -0.15) is 0 Å². The minimum absolute atomic E-state index is 0.279. The average molecular weight is 200 g/mol. The summed E-state index contributed by atoms with van der Waals surface area (Å²) in [6, 6.07) is 0. The Balaban J connectivity index is 3.39. The minimum Gasteiger partial charge on any atom is -0.208 e. The number of hydrogen-bond acceptors (Lipinski definition) is 0. The van der Waals surface area contributed by atoms with Gasteiger partial charge in [0.2, 0.25) is 0 Å². The van der Waals surface area contributed by atoms with Gasteiger partial charge in [0.05, 0.1) is 0 Å². The Labute approximate surface area is 66.8 Å². The van der Waals surface area contributed by atoms with E-state index < -0.39 is 9.42 Å². The lowest BCUT2D eigenvalue weighted by molar-refractivity contribution is 0.379. The van der Waals surface area contributed by atoms with Crippen LogP contribution in [-0.4, -0.2) is 9.42 Å². The molecule has 0 radical (unpaired) electrons. The molecule has 0 saturated carbocycles. The van der Waals surface area contributed by atoms with E-state index in [9.17, 15) is 4.39 Å². The zero-order chi connectivity index (χ0) is 6.78. The molecule has 0 unspecified atom stereocenters. The minimum atomic E-state index is -2.30. The predicted octanol–water partition coefficient (Wildman–Crippen LogP) is 3.28. The highest BCUT2D eigenvalue weighted by Crippen LogP contribution is 2.30. The third kappa shape index (κ3) is 7.09. The smallest absolute Gasteiger partial charge is 0.208 e. The molecule has 0 aliphatic carbocycles. The van der Waals surface area contributed by atoms with Crippen LogP contribution in [0.2, 0.25) is 0 Å². The molecule has 0 heterocycles. The van der Waals surface area contributed by atoms with Crippen LogP contribution in [0.4, 0.5) is 4.39 Å². The summed E-state index contributed by atoms with van der Waals surface area (Å²) in [7, 11) is 0. The molecule has 0 rings (SSSR count). The van der Waals surface area contributed by atoms with E-state index >= 15 is 0 Å². The molecule has 5 heteroatoms. The number of alkyl halides is 5. The predicted molar refractivity (Wildman–Crippen MR) is 35.7 cm³/mol. The second-order valence-corrected chi connectivity index (χ2v) is 3.88. The molecule has 0 amide bonds. The Morgan fingerprint density at radius 2 is 1.75 bits per heavy atom. The SMILES string of the molecule is FC(Cl)(Cl)CC(Cl)Cl. The Morgan fingerprint density at radius 1 is 1.38 bits per heavy atom. The molecular formula is C3H3Cl4F. The van der Waals surface area contributed by atoms with Gasteiger partial charge in [0, 0.05) is 6.42 Å². The van der Waals surface area contributed by atoms with E-state index in [4.69, 9.17) is 46.4 Å². The van der Waals surface area contributed by atoms with E-state index in [1.165, 1.54) is 0 Å². The van der Waals surface area contributed by atoms with Crippen molar-refractivity contribution in [1.29, 1.82) is 0 Å². The number of hydrogen-bond donors (Lipinski definition) is 0. The van der Waals surface area contributed by atoms with Crippen LogP contribution in [0.25, 0.3) is 0 Å². The summed E-state index contributed by atoms with van der Waals surface area (Å²) >= 11 is 20.0. The molecule has 50 valence electrons. The van der Waals surface area contributed by atoms with Gasteiger partial charge >= 0.3 is 0 Å². The highest BCUT2D eigenvalue weighted by atomic mass is 35.5. The Bertz CT molecular complexity index is 66.2. The summed E-state index contributed by atoms with van der Waals surface area (Å²) in [5.74, 6) is 0. The zero-order valence-electron chi connectivity index (χ0n) is 3.67. The monoisotopic (exact) mass is 198 g/mol. The third-order valence-electron chi connectivity index (χ3n) is 0.386. The van der Waals surface area contributed by atoms with Crippen molar-refractivity contribution >= 4 is 46.4 Å². The maximum Gasteiger partial charge on any atom is 0.259 e. The van der Waals surface area contributed by atoms with E-state index in [2.05, 4.69) is 0 Å². The standard InChI is InChI=1S/C3H3Cl4F/c4-2(5)1-3(6,7)8/h2H,1H2.